The minimum Gasteiger partial charge on any atom is -0.497 e. The summed E-state index contributed by atoms with van der Waals surface area (Å²) in [6.45, 7) is 0. The van der Waals surface area contributed by atoms with Crippen LogP contribution in [0.4, 0.5) is 0 Å². The van der Waals surface area contributed by atoms with E-state index >= 15 is 0 Å². The van der Waals surface area contributed by atoms with Gasteiger partial charge in [0.1, 0.15) is 28.2 Å². The van der Waals surface area contributed by atoms with Gasteiger partial charge in [-0.15, -0.1) is 0 Å². The van der Waals surface area contributed by atoms with Crippen LogP contribution in [0.15, 0.2) is 109 Å². The molecule has 0 spiro atoms. The number of hydrogen-bond donors (Lipinski definition) is 0. The first-order valence-electron chi connectivity index (χ1n) is 13.5. The van der Waals surface area contributed by atoms with Crippen molar-refractivity contribution in [2.45, 2.75) is 0 Å². The van der Waals surface area contributed by atoms with Crippen molar-refractivity contribution >= 4 is 21.9 Å². The van der Waals surface area contributed by atoms with Crippen molar-refractivity contribution in [3.8, 4) is 51.4 Å². The van der Waals surface area contributed by atoms with Gasteiger partial charge in [0.2, 0.25) is 17.2 Å². The molecule has 6 rings (SSSR count). The van der Waals surface area contributed by atoms with Crippen molar-refractivity contribution < 1.29 is 32.5 Å². The second-order valence-corrected chi connectivity index (χ2v) is 9.38. The number of fused-ring (bicyclic) bond motifs is 2. The fourth-order valence-corrected chi connectivity index (χ4v) is 4.79. The molecule has 0 saturated carbocycles. The predicted octanol–water partition coefficient (Wildman–Crippen LogP) is 6.96. The summed E-state index contributed by atoms with van der Waals surface area (Å²) in [7, 11) is 7.42. The fourth-order valence-electron chi connectivity index (χ4n) is 4.79. The summed E-state index contributed by atoms with van der Waals surface area (Å²) >= 11 is 0. The molecule has 0 amide bonds. The van der Waals surface area contributed by atoms with E-state index in [9.17, 15) is 9.59 Å². The number of ether oxygens (including phenoxy) is 5. The van der Waals surface area contributed by atoms with Crippen molar-refractivity contribution in [1.29, 1.82) is 0 Å². The first-order chi connectivity index (χ1) is 21.4. The number of rotatable bonds is 7. The highest BCUT2D eigenvalue weighted by Crippen LogP contribution is 2.50. The van der Waals surface area contributed by atoms with E-state index in [1.807, 2.05) is 48.5 Å². The van der Waals surface area contributed by atoms with Crippen LogP contribution >= 0.6 is 0 Å². The number of benzene rings is 4. The lowest BCUT2D eigenvalue weighted by molar-refractivity contribution is 0.307. The highest BCUT2D eigenvalue weighted by molar-refractivity contribution is 5.95. The third kappa shape index (κ3) is 5.67. The Balaban J connectivity index is 0.000000193. The van der Waals surface area contributed by atoms with Crippen LogP contribution in [-0.2, 0) is 0 Å². The molecule has 0 aliphatic heterocycles. The predicted molar refractivity (Wildman–Crippen MR) is 169 cm³/mol. The van der Waals surface area contributed by atoms with Gasteiger partial charge in [-0.05, 0) is 36.4 Å². The fraction of sp³-hybridized carbons (Fsp3) is 0.143. The summed E-state index contributed by atoms with van der Waals surface area (Å²) in [5.74, 6) is 2.69. The van der Waals surface area contributed by atoms with Crippen LogP contribution in [0.2, 0.25) is 0 Å². The molecule has 0 atom stereocenters. The van der Waals surface area contributed by atoms with Crippen LogP contribution in [0.25, 0.3) is 44.6 Å². The lowest BCUT2D eigenvalue weighted by Gasteiger charge is -2.17. The van der Waals surface area contributed by atoms with Gasteiger partial charge in [0, 0.05) is 23.3 Å². The Hall–Kier alpha value is -5.70. The largest absolute Gasteiger partial charge is 0.497 e. The Kier molecular flexibility index (Phi) is 8.85. The molecule has 2 aromatic heterocycles. The average molecular weight is 595 g/mol. The van der Waals surface area contributed by atoms with Gasteiger partial charge in [0.15, 0.2) is 22.2 Å². The normalized spacial score (nSPS) is 10.6. The topological polar surface area (TPSA) is 107 Å². The Morgan fingerprint density at radius 2 is 1.05 bits per heavy atom. The Morgan fingerprint density at radius 1 is 0.500 bits per heavy atom. The van der Waals surface area contributed by atoms with Gasteiger partial charge < -0.3 is 32.5 Å². The zero-order chi connectivity index (χ0) is 31.2. The summed E-state index contributed by atoms with van der Waals surface area (Å²) in [4.78, 5) is 24.8. The standard InChI is InChI=1S/C20H20O7.C15H10O2/c1-22-12-8-6-11(7-9-12)14-10-13(21)15-16(23-2)18(24-3)20(26-5)19(25-4)17(15)27-14;16-13-10-15(11-6-2-1-3-7-11)17-14-9-5-4-8-12(13)14/h6-10H,1-5H3;1-10H. The molecule has 0 fully saturated rings. The van der Waals surface area contributed by atoms with Crippen molar-refractivity contribution in [1.82, 2.24) is 0 Å². The molecule has 0 radical (unpaired) electrons. The van der Waals surface area contributed by atoms with Crippen LogP contribution in [0.5, 0.6) is 28.7 Å². The Labute approximate surface area is 252 Å². The smallest absolute Gasteiger partial charge is 0.211 e. The summed E-state index contributed by atoms with van der Waals surface area (Å²) in [6.07, 6.45) is 0. The Bertz CT molecular complexity index is 2030. The summed E-state index contributed by atoms with van der Waals surface area (Å²) in [6, 6.07) is 27.0. The van der Waals surface area contributed by atoms with Crippen LogP contribution in [-0.4, -0.2) is 35.5 Å². The maximum Gasteiger partial charge on any atom is 0.211 e. The number of methoxy groups -OCH3 is 5. The molecule has 44 heavy (non-hydrogen) atoms. The van der Waals surface area contributed by atoms with Gasteiger partial charge in [-0.2, -0.15) is 0 Å². The second-order valence-electron chi connectivity index (χ2n) is 9.38. The minimum atomic E-state index is -0.293. The third-order valence-electron chi connectivity index (χ3n) is 6.88. The first-order valence-corrected chi connectivity index (χ1v) is 13.5. The molecule has 2 heterocycles. The van der Waals surface area contributed by atoms with Crippen LogP contribution in [0, 0.1) is 0 Å². The van der Waals surface area contributed by atoms with Crippen LogP contribution < -0.4 is 34.5 Å². The van der Waals surface area contributed by atoms with E-state index in [0.29, 0.717) is 33.8 Å². The van der Waals surface area contributed by atoms with Gasteiger partial charge in [0.25, 0.3) is 0 Å². The van der Waals surface area contributed by atoms with Crippen LogP contribution in [0.3, 0.4) is 0 Å². The third-order valence-corrected chi connectivity index (χ3v) is 6.88. The molecule has 0 saturated heterocycles. The van der Waals surface area contributed by atoms with E-state index < -0.39 is 0 Å². The first kappa shape index (κ1) is 29.8. The van der Waals surface area contributed by atoms with Crippen molar-refractivity contribution in [3.63, 3.8) is 0 Å². The lowest BCUT2D eigenvalue weighted by Crippen LogP contribution is -2.07. The van der Waals surface area contributed by atoms with Crippen molar-refractivity contribution in [2.24, 2.45) is 0 Å². The molecule has 0 aliphatic rings. The SMILES string of the molecule is COc1ccc(-c2cc(=O)c3c(OC)c(OC)c(OC)c(OC)c3o2)cc1.O=c1cc(-c2ccccc2)oc2ccccc12. The van der Waals surface area contributed by atoms with Crippen LogP contribution in [0.1, 0.15) is 0 Å². The summed E-state index contributed by atoms with van der Waals surface area (Å²) < 4.78 is 38.6. The molecular weight excluding hydrogens is 564 g/mol. The van der Waals surface area contributed by atoms with E-state index in [1.54, 1.807) is 37.4 Å². The van der Waals surface area contributed by atoms with Gasteiger partial charge in [-0.1, -0.05) is 42.5 Å². The highest BCUT2D eigenvalue weighted by atomic mass is 16.5. The zero-order valence-corrected chi connectivity index (χ0v) is 24.8. The van der Waals surface area contributed by atoms with Crippen molar-refractivity contribution in [2.75, 3.05) is 35.5 Å². The van der Waals surface area contributed by atoms with E-state index in [1.165, 1.54) is 40.6 Å². The molecule has 0 N–H and O–H groups in total. The minimum absolute atomic E-state index is 0.00861. The molecular formula is C35H30O9. The molecule has 4 aromatic carbocycles. The molecule has 9 heteroatoms. The zero-order valence-electron chi connectivity index (χ0n) is 24.8. The number of para-hydroxylation sites is 1. The molecule has 0 bridgehead atoms. The molecule has 6 aromatic rings. The van der Waals surface area contributed by atoms with E-state index in [2.05, 4.69) is 0 Å². The quantitative estimate of drug-likeness (QED) is 0.194. The maximum atomic E-state index is 12.9. The molecule has 0 unspecified atom stereocenters. The Morgan fingerprint density at radius 3 is 1.68 bits per heavy atom. The van der Waals surface area contributed by atoms with Gasteiger partial charge in [0.05, 0.1) is 40.9 Å². The molecule has 224 valence electrons. The summed E-state index contributed by atoms with van der Waals surface area (Å²) in [5, 5.41) is 0.830. The van der Waals surface area contributed by atoms with Gasteiger partial charge >= 0.3 is 0 Å². The van der Waals surface area contributed by atoms with Gasteiger partial charge in [-0.3, -0.25) is 9.59 Å². The van der Waals surface area contributed by atoms with Crippen molar-refractivity contribution in [3.05, 3.63) is 111 Å². The maximum absolute atomic E-state index is 12.9. The van der Waals surface area contributed by atoms with Gasteiger partial charge in [-0.25, -0.2) is 0 Å². The summed E-state index contributed by atoms with van der Waals surface area (Å²) in [5.41, 5.74) is 2.16. The monoisotopic (exact) mass is 594 g/mol. The molecule has 9 nitrogen and oxygen atoms in total. The lowest BCUT2D eigenvalue weighted by atomic mass is 10.1. The highest BCUT2D eigenvalue weighted by Gasteiger charge is 2.27. The molecule has 0 aliphatic carbocycles. The van der Waals surface area contributed by atoms with E-state index in [-0.39, 0.29) is 44.8 Å². The second kappa shape index (κ2) is 13.1. The van der Waals surface area contributed by atoms with E-state index in [4.69, 9.17) is 32.5 Å². The van der Waals surface area contributed by atoms with E-state index in [0.717, 1.165) is 5.56 Å². The number of hydrogen-bond acceptors (Lipinski definition) is 9. The average Bonchev–Trinajstić information content (AvgIpc) is 3.07.